The third kappa shape index (κ3) is 5.25. The molecule has 0 aromatic heterocycles. The number of likely N-dealkylation sites (N-methyl/N-ethyl adjacent to an activating group) is 1. The lowest BCUT2D eigenvalue weighted by Crippen LogP contribution is -2.46. The predicted octanol–water partition coefficient (Wildman–Crippen LogP) is 2.16. The Morgan fingerprint density at radius 1 is 1.37 bits per heavy atom. The van der Waals surface area contributed by atoms with Crippen LogP contribution in [0.3, 0.4) is 0 Å². The van der Waals surface area contributed by atoms with Crippen molar-refractivity contribution in [2.45, 2.75) is 31.8 Å². The molecular formula is C15H24N2OS. The van der Waals surface area contributed by atoms with E-state index in [4.69, 9.17) is 5.73 Å². The van der Waals surface area contributed by atoms with Gasteiger partial charge in [-0.3, -0.25) is 4.79 Å². The van der Waals surface area contributed by atoms with E-state index in [9.17, 15) is 4.79 Å². The van der Waals surface area contributed by atoms with Crippen LogP contribution in [-0.4, -0.2) is 41.9 Å². The predicted molar refractivity (Wildman–Crippen MR) is 83.4 cm³/mol. The Balaban J connectivity index is 2.44. The molecule has 3 nitrogen and oxygen atoms in total. The lowest BCUT2D eigenvalue weighted by molar-refractivity contribution is -0.132. The molecule has 0 saturated heterocycles. The second-order valence-corrected chi connectivity index (χ2v) is 5.79. The first-order valence-corrected chi connectivity index (χ1v) is 8.00. The number of thioether (sulfide) groups is 1. The van der Waals surface area contributed by atoms with Gasteiger partial charge in [-0.2, -0.15) is 11.8 Å². The summed E-state index contributed by atoms with van der Waals surface area (Å²) in [5, 5.41) is 0. The van der Waals surface area contributed by atoms with E-state index in [1.807, 2.05) is 31.5 Å². The monoisotopic (exact) mass is 280 g/mol. The lowest BCUT2D eigenvalue weighted by atomic mass is 10.0. The highest BCUT2D eigenvalue weighted by Crippen LogP contribution is 2.09. The molecule has 1 aromatic carbocycles. The molecule has 0 bridgehead atoms. The summed E-state index contributed by atoms with van der Waals surface area (Å²) in [5.74, 6) is 0.977. The van der Waals surface area contributed by atoms with Crippen LogP contribution in [0.25, 0.3) is 0 Å². The molecule has 106 valence electrons. The zero-order valence-electron chi connectivity index (χ0n) is 12.0. The Morgan fingerprint density at radius 2 is 2.00 bits per heavy atom. The van der Waals surface area contributed by atoms with Crippen molar-refractivity contribution in [3.8, 4) is 0 Å². The first kappa shape index (κ1) is 16.1. The van der Waals surface area contributed by atoms with Gasteiger partial charge in [0, 0.05) is 18.8 Å². The van der Waals surface area contributed by atoms with Crippen molar-refractivity contribution in [2.24, 2.45) is 5.73 Å². The number of carbonyl (C=O) groups excluding carboxylic acids is 1. The van der Waals surface area contributed by atoms with Gasteiger partial charge in [0.25, 0.3) is 0 Å². The third-order valence-corrected chi connectivity index (χ3v) is 4.14. The van der Waals surface area contributed by atoms with Crippen LogP contribution in [0.1, 0.15) is 18.9 Å². The van der Waals surface area contributed by atoms with Gasteiger partial charge in [-0.1, -0.05) is 30.3 Å². The van der Waals surface area contributed by atoms with E-state index in [1.165, 1.54) is 5.56 Å². The highest BCUT2D eigenvalue weighted by Gasteiger charge is 2.21. The number of benzene rings is 1. The summed E-state index contributed by atoms with van der Waals surface area (Å²) in [7, 11) is 1.84. The van der Waals surface area contributed by atoms with Gasteiger partial charge in [0.05, 0.1) is 6.04 Å². The van der Waals surface area contributed by atoms with Crippen molar-refractivity contribution >= 4 is 17.7 Å². The summed E-state index contributed by atoms with van der Waals surface area (Å²) in [5.41, 5.74) is 7.23. The molecule has 4 heteroatoms. The van der Waals surface area contributed by atoms with Crippen molar-refractivity contribution < 1.29 is 4.79 Å². The molecule has 1 rings (SSSR count). The molecule has 19 heavy (non-hydrogen) atoms. The quantitative estimate of drug-likeness (QED) is 0.832. The number of carbonyl (C=O) groups is 1. The number of hydrogen-bond acceptors (Lipinski definition) is 3. The molecule has 0 fully saturated rings. The van der Waals surface area contributed by atoms with E-state index >= 15 is 0 Å². The van der Waals surface area contributed by atoms with Gasteiger partial charge in [-0.25, -0.2) is 0 Å². The molecule has 1 aromatic rings. The average Bonchev–Trinajstić information content (AvgIpc) is 2.44. The maximum atomic E-state index is 12.2. The second-order valence-electron chi connectivity index (χ2n) is 4.88. The summed E-state index contributed by atoms with van der Waals surface area (Å²) in [6.45, 7) is 2.05. The van der Waals surface area contributed by atoms with Gasteiger partial charge in [-0.15, -0.1) is 0 Å². The SMILES string of the molecule is CSCC(C)N(C)C(=O)C(N)CCc1ccccc1. The molecule has 2 unspecified atom stereocenters. The minimum absolute atomic E-state index is 0.0393. The standard InChI is InChI=1S/C15H24N2OS/c1-12(11-19-3)17(2)15(18)14(16)10-9-13-7-5-4-6-8-13/h4-8,12,14H,9-11,16H2,1-3H3. The molecule has 2 atom stereocenters. The number of amides is 1. The summed E-state index contributed by atoms with van der Waals surface area (Å²) in [4.78, 5) is 13.9. The third-order valence-electron chi connectivity index (χ3n) is 3.32. The molecule has 0 saturated carbocycles. The molecule has 2 N–H and O–H groups in total. The largest absolute Gasteiger partial charge is 0.341 e. The normalized spacial score (nSPS) is 13.9. The fourth-order valence-corrected chi connectivity index (χ4v) is 2.63. The van der Waals surface area contributed by atoms with Crippen LogP contribution in [0.15, 0.2) is 30.3 Å². The van der Waals surface area contributed by atoms with Crippen LogP contribution in [-0.2, 0) is 11.2 Å². The van der Waals surface area contributed by atoms with Gasteiger partial charge in [0.2, 0.25) is 5.91 Å². The number of aryl methyl sites for hydroxylation is 1. The fourth-order valence-electron chi connectivity index (χ4n) is 1.92. The van der Waals surface area contributed by atoms with Crippen LogP contribution in [0.5, 0.6) is 0 Å². The van der Waals surface area contributed by atoms with Crippen LogP contribution < -0.4 is 5.73 Å². The summed E-state index contributed by atoms with van der Waals surface area (Å²) < 4.78 is 0. The van der Waals surface area contributed by atoms with Crippen molar-refractivity contribution in [3.63, 3.8) is 0 Å². The van der Waals surface area contributed by atoms with Crippen LogP contribution in [0.4, 0.5) is 0 Å². The van der Waals surface area contributed by atoms with E-state index < -0.39 is 6.04 Å². The smallest absolute Gasteiger partial charge is 0.239 e. The van der Waals surface area contributed by atoms with E-state index in [0.717, 1.165) is 12.2 Å². The molecule has 1 amide bonds. The fraction of sp³-hybridized carbons (Fsp3) is 0.533. The minimum atomic E-state index is -0.408. The topological polar surface area (TPSA) is 46.3 Å². The van der Waals surface area contributed by atoms with Crippen LogP contribution in [0, 0.1) is 0 Å². The van der Waals surface area contributed by atoms with Gasteiger partial charge in [0.1, 0.15) is 0 Å². The van der Waals surface area contributed by atoms with E-state index in [0.29, 0.717) is 6.42 Å². The van der Waals surface area contributed by atoms with Crippen molar-refractivity contribution in [1.82, 2.24) is 4.90 Å². The Kier molecular flexibility index (Phi) is 6.95. The maximum absolute atomic E-state index is 12.2. The highest BCUT2D eigenvalue weighted by molar-refractivity contribution is 7.98. The first-order chi connectivity index (χ1) is 9.06. The number of hydrogen-bond donors (Lipinski definition) is 1. The van der Waals surface area contributed by atoms with Crippen LogP contribution in [0.2, 0.25) is 0 Å². The lowest BCUT2D eigenvalue weighted by Gasteiger charge is -2.27. The molecule has 0 radical (unpaired) electrons. The number of nitrogens with two attached hydrogens (primary N) is 1. The molecule has 0 heterocycles. The van der Waals surface area contributed by atoms with E-state index in [-0.39, 0.29) is 11.9 Å². The average molecular weight is 280 g/mol. The second kappa shape index (κ2) is 8.23. The van der Waals surface area contributed by atoms with Crippen molar-refractivity contribution in [3.05, 3.63) is 35.9 Å². The Morgan fingerprint density at radius 3 is 2.58 bits per heavy atom. The minimum Gasteiger partial charge on any atom is -0.341 e. The van der Waals surface area contributed by atoms with Gasteiger partial charge in [0.15, 0.2) is 0 Å². The Labute approximate surface area is 120 Å². The van der Waals surface area contributed by atoms with Crippen LogP contribution >= 0.6 is 11.8 Å². The zero-order chi connectivity index (χ0) is 14.3. The highest BCUT2D eigenvalue weighted by atomic mass is 32.2. The molecule has 0 aliphatic carbocycles. The summed E-state index contributed by atoms with van der Waals surface area (Å²) in [6.07, 6.45) is 3.59. The molecule has 0 aliphatic heterocycles. The van der Waals surface area contributed by atoms with Crippen molar-refractivity contribution in [2.75, 3.05) is 19.1 Å². The summed E-state index contributed by atoms with van der Waals surface area (Å²) in [6, 6.07) is 9.96. The Hall–Kier alpha value is -1.00. The first-order valence-electron chi connectivity index (χ1n) is 6.61. The number of nitrogens with zero attached hydrogens (tertiary/aromatic N) is 1. The zero-order valence-corrected chi connectivity index (χ0v) is 12.8. The summed E-state index contributed by atoms with van der Waals surface area (Å²) >= 11 is 1.74. The van der Waals surface area contributed by atoms with E-state index in [1.54, 1.807) is 16.7 Å². The maximum Gasteiger partial charge on any atom is 0.239 e. The Bertz CT molecular complexity index is 383. The molecule has 0 spiro atoms. The molecular weight excluding hydrogens is 256 g/mol. The van der Waals surface area contributed by atoms with Gasteiger partial charge < -0.3 is 10.6 Å². The molecule has 0 aliphatic rings. The van der Waals surface area contributed by atoms with Gasteiger partial charge in [-0.05, 0) is 31.6 Å². The van der Waals surface area contributed by atoms with Crippen molar-refractivity contribution in [1.29, 1.82) is 0 Å². The van der Waals surface area contributed by atoms with E-state index in [2.05, 4.69) is 19.1 Å². The number of rotatable bonds is 7. The van der Waals surface area contributed by atoms with Gasteiger partial charge >= 0.3 is 0 Å².